The molecule has 0 saturated carbocycles. The summed E-state index contributed by atoms with van der Waals surface area (Å²) in [5.41, 5.74) is 7.98. The summed E-state index contributed by atoms with van der Waals surface area (Å²) in [6.07, 6.45) is 0. The van der Waals surface area contributed by atoms with Crippen LogP contribution in [0.15, 0.2) is 0 Å². The number of aromatic nitrogens is 4. The number of nitrogen functional groups attached to an aromatic ring is 1. The van der Waals surface area contributed by atoms with E-state index in [0.29, 0.717) is 5.69 Å². The number of hydrogen-bond donors (Lipinski definition) is 2. The van der Waals surface area contributed by atoms with Gasteiger partial charge >= 0.3 is 0 Å². The lowest BCUT2D eigenvalue weighted by atomic mass is 10.4. The molecule has 2 rings (SSSR count). The topological polar surface area (TPSA) is 72.0 Å². The van der Waals surface area contributed by atoms with E-state index < -0.39 is 0 Å². The largest absolute Gasteiger partial charge is 0.394 e. The average Bonchev–Trinajstić information content (AvgIpc) is 2.43. The van der Waals surface area contributed by atoms with Gasteiger partial charge in [0.15, 0.2) is 5.65 Å². The van der Waals surface area contributed by atoms with Crippen molar-refractivity contribution >= 4 is 11.3 Å². The van der Waals surface area contributed by atoms with Crippen molar-refractivity contribution in [3.63, 3.8) is 0 Å². The molecule has 0 aliphatic carbocycles. The van der Waals surface area contributed by atoms with Crippen molar-refractivity contribution in [3.05, 3.63) is 11.5 Å². The lowest BCUT2D eigenvalue weighted by Crippen LogP contribution is -1.87. The summed E-state index contributed by atoms with van der Waals surface area (Å²) >= 11 is 0. The molecule has 0 radical (unpaired) electrons. The van der Waals surface area contributed by atoms with Gasteiger partial charge in [-0.25, -0.2) is 0 Å². The van der Waals surface area contributed by atoms with Gasteiger partial charge in [0.25, 0.3) is 0 Å². The predicted molar refractivity (Wildman–Crippen MR) is 41.2 cm³/mol. The molecule has 5 heteroatoms. The maximum absolute atomic E-state index is 5.70. The van der Waals surface area contributed by atoms with Crippen molar-refractivity contribution < 1.29 is 0 Å². The molecule has 11 heavy (non-hydrogen) atoms. The summed E-state index contributed by atoms with van der Waals surface area (Å²) in [6, 6.07) is 0. The lowest BCUT2D eigenvalue weighted by molar-refractivity contribution is 0.876. The van der Waals surface area contributed by atoms with Gasteiger partial charge in [-0.05, 0) is 13.8 Å². The van der Waals surface area contributed by atoms with Crippen LogP contribution in [0.25, 0.3) is 5.65 Å². The van der Waals surface area contributed by atoms with Crippen LogP contribution in [0.2, 0.25) is 0 Å². The van der Waals surface area contributed by atoms with Crippen molar-refractivity contribution in [3.8, 4) is 0 Å². The van der Waals surface area contributed by atoms with E-state index in [1.54, 1.807) is 4.52 Å². The summed E-state index contributed by atoms with van der Waals surface area (Å²) in [5.74, 6) is 0.819. The Balaban J connectivity index is 2.93. The Morgan fingerprint density at radius 2 is 2.18 bits per heavy atom. The quantitative estimate of drug-likeness (QED) is 0.567. The van der Waals surface area contributed by atoms with Gasteiger partial charge in [-0.15, -0.1) is 0 Å². The zero-order chi connectivity index (χ0) is 8.01. The second-order valence-electron chi connectivity index (χ2n) is 2.53. The average molecular weight is 151 g/mol. The molecular weight excluding hydrogens is 142 g/mol. The minimum Gasteiger partial charge on any atom is -0.394 e. The second kappa shape index (κ2) is 1.75. The number of anilines is 1. The fourth-order valence-corrected chi connectivity index (χ4v) is 1.06. The number of hydrogen-bond acceptors (Lipinski definition) is 3. The molecule has 0 amide bonds. The highest BCUT2D eigenvalue weighted by Gasteiger charge is 2.08. The molecule has 2 aromatic heterocycles. The van der Waals surface area contributed by atoms with E-state index in [0.717, 1.165) is 17.2 Å². The van der Waals surface area contributed by atoms with Crippen LogP contribution in [-0.2, 0) is 0 Å². The first-order chi connectivity index (χ1) is 5.20. The van der Waals surface area contributed by atoms with E-state index in [1.165, 1.54) is 0 Å². The van der Waals surface area contributed by atoms with Crippen LogP contribution in [0.3, 0.4) is 0 Å². The summed E-state index contributed by atoms with van der Waals surface area (Å²) in [5, 5.41) is 10.9. The lowest BCUT2D eigenvalue weighted by Gasteiger charge is -1.82. The SMILES string of the molecule is Cc1nn2c(C)n[nH]c2c1N. The number of H-pyrrole nitrogens is 1. The van der Waals surface area contributed by atoms with E-state index in [2.05, 4.69) is 15.3 Å². The zero-order valence-corrected chi connectivity index (χ0v) is 6.42. The Morgan fingerprint density at radius 3 is 2.82 bits per heavy atom. The minimum absolute atomic E-state index is 0.672. The molecule has 2 heterocycles. The maximum Gasteiger partial charge on any atom is 0.175 e. The van der Waals surface area contributed by atoms with Crippen molar-refractivity contribution in [2.75, 3.05) is 5.73 Å². The summed E-state index contributed by atoms with van der Waals surface area (Å²) in [6.45, 7) is 3.74. The first-order valence-corrected chi connectivity index (χ1v) is 3.36. The number of nitrogens with zero attached hydrogens (tertiary/aromatic N) is 3. The standard InChI is InChI=1S/C6H9N5/c1-3-5(7)6-9-8-4(2)11(6)10-3/h9H,7H2,1-2H3. The molecule has 0 saturated heterocycles. The molecule has 5 nitrogen and oxygen atoms in total. The number of aryl methyl sites for hydroxylation is 2. The van der Waals surface area contributed by atoms with Crippen molar-refractivity contribution in [2.24, 2.45) is 0 Å². The van der Waals surface area contributed by atoms with Crippen molar-refractivity contribution in [2.45, 2.75) is 13.8 Å². The first kappa shape index (κ1) is 6.21. The molecule has 0 spiro atoms. The molecule has 3 N–H and O–H groups in total. The molecule has 0 aromatic carbocycles. The fourth-order valence-electron chi connectivity index (χ4n) is 1.06. The fraction of sp³-hybridized carbons (Fsp3) is 0.333. The molecule has 0 unspecified atom stereocenters. The van der Waals surface area contributed by atoms with Gasteiger partial charge in [0.2, 0.25) is 0 Å². The van der Waals surface area contributed by atoms with Gasteiger partial charge in [0, 0.05) is 0 Å². The Kier molecular flexibility index (Phi) is 0.986. The van der Waals surface area contributed by atoms with Gasteiger partial charge in [-0.2, -0.15) is 14.7 Å². The summed E-state index contributed by atoms with van der Waals surface area (Å²) in [7, 11) is 0. The normalized spacial score (nSPS) is 11.1. The maximum atomic E-state index is 5.70. The predicted octanol–water partition coefficient (Wildman–Crippen LogP) is 0.256. The highest BCUT2D eigenvalue weighted by molar-refractivity contribution is 5.66. The highest BCUT2D eigenvalue weighted by Crippen LogP contribution is 2.15. The van der Waals surface area contributed by atoms with Gasteiger partial charge < -0.3 is 5.73 Å². The molecule has 2 aromatic rings. The van der Waals surface area contributed by atoms with Crippen LogP contribution >= 0.6 is 0 Å². The summed E-state index contributed by atoms with van der Waals surface area (Å²) < 4.78 is 1.70. The smallest absolute Gasteiger partial charge is 0.175 e. The van der Waals surface area contributed by atoms with Crippen LogP contribution < -0.4 is 5.73 Å². The van der Waals surface area contributed by atoms with Crippen LogP contribution in [0, 0.1) is 13.8 Å². The monoisotopic (exact) mass is 151 g/mol. The van der Waals surface area contributed by atoms with Crippen LogP contribution in [-0.4, -0.2) is 19.8 Å². The Hall–Kier alpha value is -1.52. The third-order valence-electron chi connectivity index (χ3n) is 1.74. The Labute approximate surface area is 63.2 Å². The van der Waals surface area contributed by atoms with Crippen molar-refractivity contribution in [1.82, 2.24) is 19.8 Å². The molecule has 0 fully saturated rings. The van der Waals surface area contributed by atoms with E-state index in [9.17, 15) is 0 Å². The first-order valence-electron chi connectivity index (χ1n) is 3.36. The van der Waals surface area contributed by atoms with E-state index in [-0.39, 0.29) is 0 Å². The number of nitrogens with one attached hydrogen (secondary N) is 1. The Bertz CT molecular complexity index is 396. The third kappa shape index (κ3) is 0.646. The molecule has 0 atom stereocenters. The van der Waals surface area contributed by atoms with E-state index in [1.807, 2.05) is 13.8 Å². The second-order valence-corrected chi connectivity index (χ2v) is 2.53. The molecule has 0 bridgehead atoms. The number of aromatic amines is 1. The van der Waals surface area contributed by atoms with Gasteiger partial charge in [-0.1, -0.05) is 0 Å². The molecular formula is C6H9N5. The number of rotatable bonds is 0. The zero-order valence-electron chi connectivity index (χ0n) is 6.42. The number of nitrogens with two attached hydrogens (primary N) is 1. The van der Waals surface area contributed by atoms with Crippen LogP contribution in [0.5, 0.6) is 0 Å². The van der Waals surface area contributed by atoms with Crippen LogP contribution in [0.4, 0.5) is 5.69 Å². The van der Waals surface area contributed by atoms with Gasteiger partial charge in [0.05, 0.1) is 11.4 Å². The summed E-state index contributed by atoms with van der Waals surface area (Å²) in [4.78, 5) is 0. The van der Waals surface area contributed by atoms with E-state index in [4.69, 9.17) is 5.73 Å². The highest BCUT2D eigenvalue weighted by atomic mass is 15.4. The Morgan fingerprint density at radius 1 is 1.45 bits per heavy atom. The van der Waals surface area contributed by atoms with E-state index >= 15 is 0 Å². The number of fused-ring (bicyclic) bond motifs is 1. The molecule has 58 valence electrons. The third-order valence-corrected chi connectivity index (χ3v) is 1.74. The molecule has 0 aliphatic rings. The van der Waals surface area contributed by atoms with Gasteiger partial charge in [0.1, 0.15) is 5.82 Å². The van der Waals surface area contributed by atoms with Crippen LogP contribution in [0.1, 0.15) is 11.5 Å². The van der Waals surface area contributed by atoms with Crippen molar-refractivity contribution in [1.29, 1.82) is 0 Å². The van der Waals surface area contributed by atoms with Gasteiger partial charge in [-0.3, -0.25) is 5.10 Å². The molecule has 0 aliphatic heterocycles. The minimum atomic E-state index is 0.672.